The van der Waals surface area contributed by atoms with Gasteiger partial charge >= 0.3 is 23.9 Å². The van der Waals surface area contributed by atoms with Crippen LogP contribution in [0.2, 0.25) is 0 Å². The molecule has 8 heteroatoms. The highest BCUT2D eigenvalue weighted by Crippen LogP contribution is 1.86. The molecule has 0 aromatic carbocycles. The third-order valence-electron chi connectivity index (χ3n) is 1.12. The van der Waals surface area contributed by atoms with E-state index in [0.29, 0.717) is 12.2 Å². The number of ether oxygens (including phenoxy) is 2. The van der Waals surface area contributed by atoms with Gasteiger partial charge in [-0.2, -0.15) is 0 Å². The summed E-state index contributed by atoms with van der Waals surface area (Å²) < 4.78 is 8.15. The van der Waals surface area contributed by atoms with E-state index in [1.165, 1.54) is 0 Å². The number of nitrogens with two attached hydrogens (primary N) is 2. The molecule has 0 aliphatic carbocycles. The van der Waals surface area contributed by atoms with E-state index in [0.717, 1.165) is 0 Å². The van der Waals surface area contributed by atoms with Crippen LogP contribution >= 0.6 is 0 Å². The maximum absolute atomic E-state index is 10.8. The van der Waals surface area contributed by atoms with E-state index >= 15 is 0 Å². The van der Waals surface area contributed by atoms with Gasteiger partial charge in [0.25, 0.3) is 0 Å². The Balaban J connectivity index is 4.08. The lowest BCUT2D eigenvalue weighted by Crippen LogP contribution is -2.21. The van der Waals surface area contributed by atoms with Crippen molar-refractivity contribution in [2.24, 2.45) is 11.5 Å². The van der Waals surface area contributed by atoms with Crippen molar-refractivity contribution in [1.29, 1.82) is 0 Å². The predicted molar refractivity (Wildman–Crippen MR) is 49.4 cm³/mol. The molecule has 0 atom stereocenters. The van der Waals surface area contributed by atoms with Crippen LogP contribution in [0.15, 0.2) is 12.2 Å². The molecule has 4 N–H and O–H groups in total. The second-order valence-corrected chi connectivity index (χ2v) is 2.33. The van der Waals surface area contributed by atoms with Gasteiger partial charge in [-0.25, -0.2) is 9.59 Å². The predicted octanol–water partition coefficient (Wildman–Crippen LogP) is -2.40. The molecular formula is C8H10N2O6. The minimum Gasteiger partial charge on any atom is -0.389 e. The molecule has 0 amide bonds. The monoisotopic (exact) mass is 230 g/mol. The summed E-state index contributed by atoms with van der Waals surface area (Å²) in [6.45, 7) is -0.925. The molecule has 0 rings (SSSR count). The van der Waals surface area contributed by atoms with Gasteiger partial charge in [0, 0.05) is 12.2 Å². The molecule has 0 spiro atoms. The Morgan fingerprint density at radius 2 is 1.12 bits per heavy atom. The van der Waals surface area contributed by atoms with Gasteiger partial charge in [-0.15, -0.1) is 0 Å². The third-order valence-corrected chi connectivity index (χ3v) is 1.12. The van der Waals surface area contributed by atoms with E-state index in [9.17, 15) is 19.2 Å². The number of carbonyl (C=O) groups is 4. The molecule has 8 nitrogen and oxygen atoms in total. The summed E-state index contributed by atoms with van der Waals surface area (Å²) in [5.41, 5.74) is 9.72. The number of esters is 4. The first-order chi connectivity index (χ1) is 7.49. The van der Waals surface area contributed by atoms with E-state index in [1.54, 1.807) is 0 Å². The summed E-state index contributed by atoms with van der Waals surface area (Å²) >= 11 is 0. The lowest BCUT2D eigenvalue weighted by Gasteiger charge is -1.96. The van der Waals surface area contributed by atoms with Crippen LogP contribution < -0.4 is 11.5 Å². The highest BCUT2D eigenvalue weighted by molar-refractivity contribution is 5.99. The van der Waals surface area contributed by atoms with Crippen LogP contribution in [0.3, 0.4) is 0 Å². The highest BCUT2D eigenvalue weighted by Gasteiger charge is 2.08. The van der Waals surface area contributed by atoms with Crippen molar-refractivity contribution < 1.29 is 28.7 Å². The SMILES string of the molecule is NCC(=O)OC(=O)/C=C\C(=O)OC(=O)CN. The number of rotatable bonds is 4. The van der Waals surface area contributed by atoms with Gasteiger partial charge in [0.15, 0.2) is 0 Å². The molecule has 0 saturated carbocycles. The van der Waals surface area contributed by atoms with Crippen molar-refractivity contribution in [2.75, 3.05) is 13.1 Å². The smallest absolute Gasteiger partial charge is 0.338 e. The van der Waals surface area contributed by atoms with Crippen LogP contribution in [-0.4, -0.2) is 37.0 Å². The zero-order chi connectivity index (χ0) is 12.6. The molecule has 0 unspecified atom stereocenters. The summed E-state index contributed by atoms with van der Waals surface area (Å²) in [7, 11) is 0. The molecule has 0 aliphatic rings. The second-order valence-electron chi connectivity index (χ2n) is 2.33. The fourth-order valence-electron chi connectivity index (χ4n) is 0.512. The summed E-state index contributed by atoms with van der Waals surface area (Å²) in [5.74, 6) is -4.07. The van der Waals surface area contributed by atoms with Crippen molar-refractivity contribution in [3.05, 3.63) is 12.2 Å². The first kappa shape index (κ1) is 13.9. The van der Waals surface area contributed by atoms with Crippen LogP contribution in [0, 0.1) is 0 Å². The first-order valence-corrected chi connectivity index (χ1v) is 4.07. The van der Waals surface area contributed by atoms with Crippen LogP contribution in [-0.2, 0) is 28.7 Å². The molecule has 88 valence electrons. The molecule has 16 heavy (non-hydrogen) atoms. The van der Waals surface area contributed by atoms with Gasteiger partial charge in [0.2, 0.25) is 0 Å². The van der Waals surface area contributed by atoms with Crippen molar-refractivity contribution in [1.82, 2.24) is 0 Å². The maximum Gasteiger partial charge on any atom is 0.338 e. The fraction of sp³-hybridized carbons (Fsp3) is 0.250. The van der Waals surface area contributed by atoms with E-state index < -0.39 is 37.0 Å². The Labute approximate surface area is 90.2 Å². The number of carbonyl (C=O) groups excluding carboxylic acids is 4. The minimum atomic E-state index is -1.09. The van der Waals surface area contributed by atoms with Crippen LogP contribution in [0.4, 0.5) is 0 Å². The molecule has 0 radical (unpaired) electrons. The Bertz CT molecular complexity index is 303. The Hall–Kier alpha value is -2.06. The Morgan fingerprint density at radius 3 is 1.38 bits per heavy atom. The van der Waals surface area contributed by atoms with E-state index in [4.69, 9.17) is 11.5 Å². The highest BCUT2D eigenvalue weighted by atomic mass is 16.6. The standard InChI is InChI=1S/C8H10N2O6/c9-3-7(13)15-5(11)1-2-6(12)16-8(14)4-10/h1-2H,3-4,9-10H2/b2-1-. The minimum absolute atomic E-state index is 0.463. The fourth-order valence-corrected chi connectivity index (χ4v) is 0.512. The van der Waals surface area contributed by atoms with Gasteiger partial charge < -0.3 is 20.9 Å². The van der Waals surface area contributed by atoms with Crippen LogP contribution in [0.5, 0.6) is 0 Å². The molecular weight excluding hydrogens is 220 g/mol. The quantitative estimate of drug-likeness (QED) is 0.309. The topological polar surface area (TPSA) is 139 Å². The van der Waals surface area contributed by atoms with Crippen molar-refractivity contribution in [2.45, 2.75) is 0 Å². The average Bonchev–Trinajstić information content (AvgIpc) is 2.26. The molecule has 0 saturated heterocycles. The van der Waals surface area contributed by atoms with E-state index in [2.05, 4.69) is 9.47 Å². The van der Waals surface area contributed by atoms with Crippen molar-refractivity contribution in [3.8, 4) is 0 Å². The molecule has 0 heterocycles. The molecule has 0 aliphatic heterocycles. The number of hydrogen-bond donors (Lipinski definition) is 2. The molecule has 0 fully saturated rings. The largest absolute Gasteiger partial charge is 0.389 e. The number of hydrogen-bond acceptors (Lipinski definition) is 8. The Kier molecular flexibility index (Phi) is 6.33. The van der Waals surface area contributed by atoms with Crippen LogP contribution in [0.1, 0.15) is 0 Å². The molecule has 0 aromatic heterocycles. The summed E-state index contributed by atoms with van der Waals surface area (Å²) in [6.07, 6.45) is 1.25. The van der Waals surface area contributed by atoms with Crippen molar-refractivity contribution >= 4 is 23.9 Å². The first-order valence-electron chi connectivity index (χ1n) is 4.07. The third kappa shape index (κ3) is 6.40. The molecule has 0 aromatic rings. The van der Waals surface area contributed by atoms with Crippen molar-refractivity contribution in [3.63, 3.8) is 0 Å². The lowest BCUT2D eigenvalue weighted by molar-refractivity contribution is -0.157. The van der Waals surface area contributed by atoms with Crippen LogP contribution in [0.25, 0.3) is 0 Å². The van der Waals surface area contributed by atoms with Gasteiger partial charge in [0.1, 0.15) is 0 Å². The van der Waals surface area contributed by atoms with Gasteiger partial charge in [-0.1, -0.05) is 0 Å². The van der Waals surface area contributed by atoms with E-state index in [1.807, 2.05) is 0 Å². The summed E-state index contributed by atoms with van der Waals surface area (Å²) in [5, 5.41) is 0. The molecule has 0 bridgehead atoms. The van der Waals surface area contributed by atoms with Gasteiger partial charge in [-0.3, -0.25) is 9.59 Å². The average molecular weight is 230 g/mol. The zero-order valence-electron chi connectivity index (χ0n) is 8.17. The second kappa shape index (κ2) is 7.26. The lowest BCUT2D eigenvalue weighted by atomic mass is 10.5. The van der Waals surface area contributed by atoms with E-state index in [-0.39, 0.29) is 0 Å². The normalized spacial score (nSPS) is 9.88. The van der Waals surface area contributed by atoms with Gasteiger partial charge in [0.05, 0.1) is 13.1 Å². The summed E-state index contributed by atoms with van der Waals surface area (Å²) in [4.78, 5) is 42.5. The summed E-state index contributed by atoms with van der Waals surface area (Å²) in [6, 6.07) is 0. The maximum atomic E-state index is 10.8. The Morgan fingerprint density at radius 1 is 0.812 bits per heavy atom. The zero-order valence-corrected chi connectivity index (χ0v) is 8.17. The van der Waals surface area contributed by atoms with Gasteiger partial charge in [-0.05, 0) is 0 Å².